The molecule has 1 heterocycles. The summed E-state index contributed by atoms with van der Waals surface area (Å²) in [6.45, 7) is 1.60. The number of nitrogens with zero attached hydrogens (tertiary/aromatic N) is 1. The van der Waals surface area contributed by atoms with Gasteiger partial charge in [-0.05, 0) is 28.3 Å². The van der Waals surface area contributed by atoms with Crippen molar-refractivity contribution in [1.29, 1.82) is 0 Å². The minimum Gasteiger partial charge on any atom is -0.379 e. The Kier molecular flexibility index (Phi) is 6.99. The molecule has 0 unspecified atom stereocenters. The summed E-state index contributed by atoms with van der Waals surface area (Å²) in [7, 11) is -3.63. The third kappa shape index (κ3) is 5.24. The number of ether oxygens (including phenoxy) is 1. The number of amides is 1. The van der Waals surface area contributed by atoms with Gasteiger partial charge in [0.15, 0.2) is 0 Å². The van der Waals surface area contributed by atoms with Crippen LogP contribution in [0.4, 0.5) is 0 Å². The maximum absolute atomic E-state index is 13.1. The lowest BCUT2D eigenvalue weighted by Crippen LogP contribution is -2.41. The molecule has 1 aliphatic heterocycles. The standard InChI is InChI=1S/C25H26N2O4S/c28-25(18-20-10-12-22(13-11-20)21-6-2-1-3-7-21)26-19-23-8-4-5-9-24(23)32(29,30)27-14-16-31-17-15-27/h1-13H,14-19H2,(H,26,28). The maximum atomic E-state index is 13.1. The predicted molar refractivity (Wildman–Crippen MR) is 123 cm³/mol. The SMILES string of the molecule is O=C(Cc1ccc(-c2ccccc2)cc1)NCc1ccccc1S(=O)(=O)N1CCOCC1. The number of rotatable bonds is 7. The van der Waals surface area contributed by atoms with Gasteiger partial charge in [0.2, 0.25) is 15.9 Å². The smallest absolute Gasteiger partial charge is 0.243 e. The van der Waals surface area contributed by atoms with E-state index in [0.29, 0.717) is 31.9 Å². The first-order valence-electron chi connectivity index (χ1n) is 10.6. The zero-order valence-electron chi connectivity index (χ0n) is 17.7. The van der Waals surface area contributed by atoms with Gasteiger partial charge in [0, 0.05) is 19.6 Å². The average molecular weight is 451 g/mol. The monoisotopic (exact) mass is 450 g/mol. The highest BCUT2D eigenvalue weighted by Gasteiger charge is 2.28. The molecule has 1 aliphatic rings. The summed E-state index contributed by atoms with van der Waals surface area (Å²) in [5.74, 6) is -0.156. The van der Waals surface area contributed by atoms with Crippen LogP contribution < -0.4 is 5.32 Å². The van der Waals surface area contributed by atoms with Crippen molar-refractivity contribution in [1.82, 2.24) is 9.62 Å². The fraction of sp³-hybridized carbons (Fsp3) is 0.240. The van der Waals surface area contributed by atoms with E-state index in [-0.39, 0.29) is 23.8 Å². The molecule has 7 heteroatoms. The van der Waals surface area contributed by atoms with Gasteiger partial charge < -0.3 is 10.1 Å². The normalized spacial score (nSPS) is 14.8. The van der Waals surface area contributed by atoms with Gasteiger partial charge in [0.05, 0.1) is 24.5 Å². The quantitative estimate of drug-likeness (QED) is 0.600. The van der Waals surface area contributed by atoms with Crippen molar-refractivity contribution >= 4 is 15.9 Å². The molecule has 1 fully saturated rings. The molecule has 0 spiro atoms. The molecule has 0 bridgehead atoms. The lowest BCUT2D eigenvalue weighted by molar-refractivity contribution is -0.120. The Morgan fingerprint density at radius 1 is 0.844 bits per heavy atom. The molecule has 3 aromatic carbocycles. The highest BCUT2D eigenvalue weighted by Crippen LogP contribution is 2.22. The van der Waals surface area contributed by atoms with Crippen molar-refractivity contribution in [2.45, 2.75) is 17.9 Å². The molecule has 0 aromatic heterocycles. The second kappa shape index (κ2) is 10.1. The number of carbonyl (C=O) groups excluding carboxylic acids is 1. The lowest BCUT2D eigenvalue weighted by atomic mass is 10.0. The van der Waals surface area contributed by atoms with E-state index in [9.17, 15) is 13.2 Å². The zero-order valence-corrected chi connectivity index (χ0v) is 18.6. The van der Waals surface area contributed by atoms with Gasteiger partial charge in [-0.1, -0.05) is 72.8 Å². The Morgan fingerprint density at radius 3 is 2.19 bits per heavy atom. The third-order valence-corrected chi connectivity index (χ3v) is 7.46. The molecule has 6 nitrogen and oxygen atoms in total. The zero-order chi connectivity index (χ0) is 22.4. The Balaban J connectivity index is 1.39. The molecule has 166 valence electrons. The Bertz CT molecular complexity index is 1160. The van der Waals surface area contributed by atoms with Gasteiger partial charge in [-0.2, -0.15) is 4.31 Å². The van der Waals surface area contributed by atoms with Crippen molar-refractivity contribution in [3.63, 3.8) is 0 Å². The van der Waals surface area contributed by atoms with Gasteiger partial charge in [-0.25, -0.2) is 8.42 Å². The number of hydrogen-bond donors (Lipinski definition) is 1. The van der Waals surface area contributed by atoms with Crippen LogP contribution in [-0.4, -0.2) is 44.9 Å². The van der Waals surface area contributed by atoms with Gasteiger partial charge in [0.1, 0.15) is 0 Å². The van der Waals surface area contributed by atoms with Crippen molar-refractivity contribution in [2.75, 3.05) is 26.3 Å². The summed E-state index contributed by atoms with van der Waals surface area (Å²) in [5.41, 5.74) is 3.70. The molecule has 3 aromatic rings. The molecule has 0 aliphatic carbocycles. The molecule has 1 saturated heterocycles. The number of benzene rings is 3. The van der Waals surface area contributed by atoms with E-state index >= 15 is 0 Å². The van der Waals surface area contributed by atoms with E-state index in [1.807, 2.05) is 54.6 Å². The second-order valence-electron chi connectivity index (χ2n) is 7.64. The van der Waals surface area contributed by atoms with E-state index < -0.39 is 10.0 Å². The second-order valence-corrected chi connectivity index (χ2v) is 9.55. The van der Waals surface area contributed by atoms with Crippen LogP contribution >= 0.6 is 0 Å². The highest BCUT2D eigenvalue weighted by atomic mass is 32.2. The Labute approximate surface area is 188 Å². The minimum atomic E-state index is -3.63. The first-order chi connectivity index (χ1) is 15.5. The minimum absolute atomic E-state index is 0.153. The first-order valence-corrected chi connectivity index (χ1v) is 12.0. The molecular formula is C25H26N2O4S. The molecule has 4 rings (SSSR count). The van der Waals surface area contributed by atoms with E-state index in [2.05, 4.69) is 5.32 Å². The summed E-state index contributed by atoms with van der Waals surface area (Å²) >= 11 is 0. The van der Waals surface area contributed by atoms with Gasteiger partial charge in [-0.15, -0.1) is 0 Å². The van der Waals surface area contributed by atoms with Crippen molar-refractivity contribution < 1.29 is 17.9 Å². The van der Waals surface area contributed by atoms with Gasteiger partial charge in [-0.3, -0.25) is 4.79 Å². The topological polar surface area (TPSA) is 75.7 Å². The van der Waals surface area contributed by atoms with Crippen LogP contribution in [0.2, 0.25) is 0 Å². The van der Waals surface area contributed by atoms with Crippen LogP contribution in [0.1, 0.15) is 11.1 Å². The maximum Gasteiger partial charge on any atom is 0.243 e. The largest absolute Gasteiger partial charge is 0.379 e. The number of carbonyl (C=O) groups is 1. The summed E-state index contributed by atoms with van der Waals surface area (Å²) < 4.78 is 32.8. The average Bonchev–Trinajstić information content (AvgIpc) is 2.84. The third-order valence-electron chi connectivity index (χ3n) is 5.46. The lowest BCUT2D eigenvalue weighted by Gasteiger charge is -2.27. The Morgan fingerprint density at radius 2 is 1.47 bits per heavy atom. The highest BCUT2D eigenvalue weighted by molar-refractivity contribution is 7.89. The molecular weight excluding hydrogens is 424 g/mol. The van der Waals surface area contributed by atoms with Crippen molar-refractivity contribution in [2.24, 2.45) is 0 Å². The van der Waals surface area contributed by atoms with Crippen LogP contribution in [0, 0.1) is 0 Å². The number of hydrogen-bond acceptors (Lipinski definition) is 4. The van der Waals surface area contributed by atoms with Crippen LogP contribution in [-0.2, 0) is 32.5 Å². The van der Waals surface area contributed by atoms with Crippen LogP contribution in [0.5, 0.6) is 0 Å². The molecule has 1 N–H and O–H groups in total. The fourth-order valence-corrected chi connectivity index (χ4v) is 5.34. The molecule has 0 atom stereocenters. The molecule has 32 heavy (non-hydrogen) atoms. The number of morpholine rings is 1. The van der Waals surface area contributed by atoms with E-state index in [0.717, 1.165) is 16.7 Å². The number of nitrogens with one attached hydrogen (secondary N) is 1. The molecule has 0 saturated carbocycles. The fourth-order valence-electron chi connectivity index (χ4n) is 3.71. The Hall–Kier alpha value is -3.00. The summed E-state index contributed by atoms with van der Waals surface area (Å²) in [4.78, 5) is 12.7. The van der Waals surface area contributed by atoms with Crippen molar-refractivity contribution in [3.8, 4) is 11.1 Å². The first kappa shape index (κ1) is 22.2. The molecule has 0 radical (unpaired) electrons. The summed E-state index contributed by atoms with van der Waals surface area (Å²) in [6.07, 6.45) is 0.230. The van der Waals surface area contributed by atoms with E-state index in [1.165, 1.54) is 4.31 Å². The summed E-state index contributed by atoms with van der Waals surface area (Å²) in [5, 5.41) is 2.86. The predicted octanol–water partition coefficient (Wildman–Crippen LogP) is 3.23. The summed E-state index contributed by atoms with van der Waals surface area (Å²) in [6, 6.07) is 24.8. The van der Waals surface area contributed by atoms with E-state index in [1.54, 1.807) is 24.3 Å². The van der Waals surface area contributed by atoms with Gasteiger partial charge >= 0.3 is 0 Å². The van der Waals surface area contributed by atoms with Crippen LogP contribution in [0.25, 0.3) is 11.1 Å². The van der Waals surface area contributed by atoms with Gasteiger partial charge in [0.25, 0.3) is 0 Å². The molecule has 1 amide bonds. The van der Waals surface area contributed by atoms with Crippen LogP contribution in [0.3, 0.4) is 0 Å². The van der Waals surface area contributed by atoms with Crippen LogP contribution in [0.15, 0.2) is 83.8 Å². The van der Waals surface area contributed by atoms with E-state index in [4.69, 9.17) is 4.74 Å². The number of sulfonamides is 1. The van der Waals surface area contributed by atoms with Crippen molar-refractivity contribution in [3.05, 3.63) is 90.0 Å².